The highest BCUT2D eigenvalue weighted by Crippen LogP contribution is 2.32. The number of piperidine rings is 1. The molecule has 4 heterocycles. The third kappa shape index (κ3) is 3.96. The van der Waals surface area contributed by atoms with Crippen LogP contribution in [0.1, 0.15) is 36.8 Å². The molecule has 0 bridgehead atoms. The number of carbonyl (C=O) groups excluding carboxylic acids is 2. The highest BCUT2D eigenvalue weighted by Gasteiger charge is 2.38. The van der Waals surface area contributed by atoms with Gasteiger partial charge in [-0.3, -0.25) is 9.59 Å². The van der Waals surface area contributed by atoms with Crippen LogP contribution in [0.5, 0.6) is 0 Å². The van der Waals surface area contributed by atoms with Crippen LogP contribution in [0, 0.1) is 12.8 Å². The van der Waals surface area contributed by atoms with Crippen molar-refractivity contribution in [2.24, 2.45) is 5.92 Å². The number of anilines is 1. The van der Waals surface area contributed by atoms with Gasteiger partial charge in [0.1, 0.15) is 0 Å². The van der Waals surface area contributed by atoms with Crippen LogP contribution < -0.4 is 4.90 Å². The van der Waals surface area contributed by atoms with Crippen LogP contribution in [0.3, 0.4) is 0 Å². The fourth-order valence-corrected chi connectivity index (χ4v) is 5.06. The molecule has 0 radical (unpaired) electrons. The zero-order chi connectivity index (χ0) is 23.9. The number of likely N-dealkylation sites (tertiary alicyclic amines) is 1. The van der Waals surface area contributed by atoms with Crippen molar-refractivity contribution >= 4 is 28.5 Å². The van der Waals surface area contributed by atoms with Gasteiger partial charge in [0.05, 0.1) is 11.6 Å². The maximum atomic E-state index is 13.1. The number of nitrogens with zero attached hydrogens (tertiary/aromatic N) is 5. The van der Waals surface area contributed by atoms with Gasteiger partial charge < -0.3 is 18.8 Å². The maximum Gasteiger partial charge on any atom is 0.230 e. The van der Waals surface area contributed by atoms with E-state index in [-0.39, 0.29) is 30.1 Å². The number of hydrogen-bond donors (Lipinski definition) is 0. The lowest BCUT2D eigenvalue weighted by Crippen LogP contribution is -2.42. The van der Waals surface area contributed by atoms with Gasteiger partial charge >= 0.3 is 0 Å². The summed E-state index contributed by atoms with van der Waals surface area (Å²) >= 11 is 0. The predicted octanol–water partition coefficient (Wildman–Crippen LogP) is 3.95. The Morgan fingerprint density at radius 2 is 1.83 bits per heavy atom. The Balaban J connectivity index is 1.08. The summed E-state index contributed by atoms with van der Waals surface area (Å²) in [5.41, 5.74) is 3.19. The Labute approximate surface area is 201 Å². The van der Waals surface area contributed by atoms with Crippen molar-refractivity contribution in [2.45, 2.75) is 32.1 Å². The number of benzene rings is 2. The summed E-state index contributed by atoms with van der Waals surface area (Å²) in [6.07, 6.45) is 1.75. The highest BCUT2D eigenvalue weighted by molar-refractivity contribution is 6.00. The molecule has 2 aliphatic heterocycles. The van der Waals surface area contributed by atoms with Gasteiger partial charge in [-0.25, -0.2) is 0 Å². The molecule has 4 aromatic rings. The van der Waals surface area contributed by atoms with Crippen LogP contribution >= 0.6 is 0 Å². The second-order valence-electron chi connectivity index (χ2n) is 9.28. The van der Waals surface area contributed by atoms with Crippen molar-refractivity contribution in [1.82, 2.24) is 20.2 Å². The lowest BCUT2D eigenvalue weighted by Gasteiger charge is -2.32. The Kier molecular flexibility index (Phi) is 5.32. The van der Waals surface area contributed by atoms with E-state index in [1.165, 1.54) is 0 Å². The van der Waals surface area contributed by atoms with Crippen molar-refractivity contribution in [2.75, 3.05) is 24.5 Å². The molecule has 9 heteroatoms. The summed E-state index contributed by atoms with van der Waals surface area (Å²) in [7, 11) is 0. The topological polar surface area (TPSA) is 106 Å². The fraction of sp³-hybridized carbons (Fsp3) is 0.346. The second kappa shape index (κ2) is 8.65. The summed E-state index contributed by atoms with van der Waals surface area (Å²) < 4.78 is 10.9. The summed E-state index contributed by atoms with van der Waals surface area (Å²) in [6.45, 7) is 3.56. The molecule has 2 saturated heterocycles. The highest BCUT2D eigenvalue weighted by atomic mass is 16.5. The first-order chi connectivity index (χ1) is 17.1. The molecule has 6 rings (SSSR count). The Bertz CT molecular complexity index is 1390. The molecule has 0 saturated carbocycles. The van der Waals surface area contributed by atoms with E-state index in [1.54, 1.807) is 4.90 Å². The van der Waals surface area contributed by atoms with E-state index >= 15 is 0 Å². The lowest BCUT2D eigenvalue weighted by atomic mass is 9.95. The van der Waals surface area contributed by atoms with Crippen LogP contribution in [0.15, 0.2) is 57.6 Å². The van der Waals surface area contributed by atoms with Crippen LogP contribution in [0.25, 0.3) is 22.4 Å². The molecule has 0 spiro atoms. The minimum Gasteiger partial charge on any atom is -0.356 e. The maximum absolute atomic E-state index is 13.1. The number of fused-ring (bicyclic) bond motifs is 1. The molecule has 2 aromatic heterocycles. The van der Waals surface area contributed by atoms with E-state index in [9.17, 15) is 9.59 Å². The molecular weight excluding hydrogens is 446 g/mol. The van der Waals surface area contributed by atoms with E-state index in [0.29, 0.717) is 36.9 Å². The van der Waals surface area contributed by atoms with Crippen molar-refractivity contribution in [3.8, 4) is 11.4 Å². The number of aryl methyl sites for hydroxylation is 1. The van der Waals surface area contributed by atoms with Crippen molar-refractivity contribution < 1.29 is 18.6 Å². The van der Waals surface area contributed by atoms with Gasteiger partial charge in [0, 0.05) is 48.6 Å². The third-order valence-corrected chi connectivity index (χ3v) is 7.05. The van der Waals surface area contributed by atoms with Gasteiger partial charge in [-0.15, -0.1) is 0 Å². The fourth-order valence-electron chi connectivity index (χ4n) is 5.06. The smallest absolute Gasteiger partial charge is 0.230 e. The molecule has 2 amide bonds. The summed E-state index contributed by atoms with van der Waals surface area (Å²) in [5.74, 6) is 0.956. The van der Waals surface area contributed by atoms with Gasteiger partial charge in [0.15, 0.2) is 5.58 Å². The summed E-state index contributed by atoms with van der Waals surface area (Å²) in [6, 6.07) is 15.3. The molecule has 2 fully saturated rings. The average Bonchev–Trinajstić information content (AvgIpc) is 3.63. The molecule has 0 N–H and O–H groups in total. The molecule has 2 aliphatic rings. The number of hydrogen-bond acceptors (Lipinski definition) is 7. The van der Waals surface area contributed by atoms with Crippen molar-refractivity contribution in [3.63, 3.8) is 0 Å². The van der Waals surface area contributed by atoms with E-state index in [1.807, 2.05) is 60.4 Å². The number of aromatic nitrogens is 3. The standard InChI is InChI=1S/C26H25N5O4/c1-16-21-8-7-18(13-22(21)34-28-16)24-27-25(35-29-24)17-9-11-30(12-10-17)26(33)19-14-23(32)31(15-19)20-5-3-2-4-6-20/h2-8,13,17,19H,9-12,14-15H2,1H3. The van der Waals surface area contributed by atoms with Crippen LogP contribution in [0.2, 0.25) is 0 Å². The van der Waals surface area contributed by atoms with E-state index in [4.69, 9.17) is 9.05 Å². The molecular formula is C26H25N5O4. The average molecular weight is 472 g/mol. The third-order valence-electron chi connectivity index (χ3n) is 7.05. The first kappa shape index (κ1) is 21.5. The van der Waals surface area contributed by atoms with Gasteiger partial charge in [0.2, 0.25) is 23.5 Å². The molecule has 2 aromatic carbocycles. The summed E-state index contributed by atoms with van der Waals surface area (Å²) in [4.78, 5) is 33.9. The number of amides is 2. The molecule has 35 heavy (non-hydrogen) atoms. The van der Waals surface area contributed by atoms with Gasteiger partial charge in [-0.2, -0.15) is 4.98 Å². The molecule has 1 atom stereocenters. The predicted molar refractivity (Wildman–Crippen MR) is 127 cm³/mol. The number of rotatable bonds is 4. The van der Waals surface area contributed by atoms with Gasteiger partial charge in [-0.05, 0) is 44.0 Å². The molecule has 0 aliphatic carbocycles. The normalized spacial score (nSPS) is 19.1. The van der Waals surface area contributed by atoms with Crippen LogP contribution in [-0.2, 0) is 9.59 Å². The zero-order valence-corrected chi connectivity index (χ0v) is 19.4. The van der Waals surface area contributed by atoms with E-state index < -0.39 is 0 Å². The number of para-hydroxylation sites is 1. The van der Waals surface area contributed by atoms with Gasteiger partial charge in [0.25, 0.3) is 0 Å². The summed E-state index contributed by atoms with van der Waals surface area (Å²) in [5, 5.41) is 9.12. The molecule has 1 unspecified atom stereocenters. The zero-order valence-electron chi connectivity index (χ0n) is 19.4. The minimum atomic E-state index is -0.302. The monoisotopic (exact) mass is 471 g/mol. The lowest BCUT2D eigenvalue weighted by molar-refractivity contribution is -0.136. The second-order valence-corrected chi connectivity index (χ2v) is 9.28. The van der Waals surface area contributed by atoms with E-state index in [2.05, 4.69) is 15.3 Å². The largest absolute Gasteiger partial charge is 0.356 e. The Hall–Kier alpha value is -4.01. The van der Waals surface area contributed by atoms with Crippen LogP contribution in [0.4, 0.5) is 5.69 Å². The van der Waals surface area contributed by atoms with Crippen molar-refractivity contribution in [1.29, 1.82) is 0 Å². The van der Waals surface area contributed by atoms with Gasteiger partial charge in [-0.1, -0.05) is 34.6 Å². The quantitative estimate of drug-likeness (QED) is 0.444. The number of carbonyl (C=O) groups is 2. The Morgan fingerprint density at radius 3 is 2.63 bits per heavy atom. The SMILES string of the molecule is Cc1noc2cc(-c3noc(C4CCN(C(=O)C5CC(=O)N(c6ccccc6)C5)CC4)n3)ccc12. The first-order valence-corrected chi connectivity index (χ1v) is 11.9. The molecule has 9 nitrogen and oxygen atoms in total. The van der Waals surface area contributed by atoms with Crippen LogP contribution in [-0.4, -0.2) is 51.6 Å². The minimum absolute atomic E-state index is 0.00139. The first-order valence-electron chi connectivity index (χ1n) is 11.9. The van der Waals surface area contributed by atoms with E-state index in [0.717, 1.165) is 35.2 Å². The molecule has 178 valence electrons. The Morgan fingerprint density at radius 1 is 1.03 bits per heavy atom. The van der Waals surface area contributed by atoms with Crippen molar-refractivity contribution in [3.05, 3.63) is 60.1 Å².